The number of anilines is 1. The summed E-state index contributed by atoms with van der Waals surface area (Å²) in [5.41, 5.74) is 2.09. The van der Waals surface area contributed by atoms with Crippen LogP contribution in [-0.2, 0) is 6.54 Å². The predicted molar refractivity (Wildman–Crippen MR) is 124 cm³/mol. The molecule has 0 aliphatic rings. The van der Waals surface area contributed by atoms with E-state index >= 15 is 0 Å². The molecule has 1 amide bonds. The number of H-pyrrole nitrogens is 1. The van der Waals surface area contributed by atoms with Gasteiger partial charge in [-0.3, -0.25) is 14.9 Å². The first-order valence-corrected chi connectivity index (χ1v) is 11.1. The van der Waals surface area contributed by atoms with E-state index in [1.807, 2.05) is 48.6 Å². The summed E-state index contributed by atoms with van der Waals surface area (Å²) in [6.45, 7) is 2.28. The number of thiophene rings is 1. The van der Waals surface area contributed by atoms with Gasteiger partial charge in [0.2, 0.25) is 0 Å². The molecule has 0 spiro atoms. The van der Waals surface area contributed by atoms with Crippen molar-refractivity contribution in [2.24, 2.45) is 0 Å². The molecule has 0 aliphatic heterocycles. The number of ether oxygens (including phenoxy) is 1. The number of benzene rings is 1. The van der Waals surface area contributed by atoms with Crippen LogP contribution in [0.5, 0.6) is 5.75 Å². The largest absolute Gasteiger partial charge is 0.497 e. The molecule has 0 saturated carbocycles. The molecule has 0 saturated heterocycles. The first kappa shape index (κ1) is 21.2. The number of methoxy groups -OCH3 is 1. The van der Waals surface area contributed by atoms with E-state index in [0.29, 0.717) is 38.2 Å². The van der Waals surface area contributed by atoms with Gasteiger partial charge in [-0.05, 0) is 50.8 Å². The molecule has 0 radical (unpaired) electrons. The lowest BCUT2D eigenvalue weighted by Gasteiger charge is -2.07. The van der Waals surface area contributed by atoms with E-state index in [0.717, 1.165) is 17.0 Å². The molecule has 10 heteroatoms. The molecule has 8 nitrogen and oxygen atoms in total. The zero-order valence-corrected chi connectivity index (χ0v) is 19.1. The van der Waals surface area contributed by atoms with Gasteiger partial charge in [0.05, 0.1) is 29.6 Å². The second kappa shape index (κ2) is 8.58. The average Bonchev–Trinajstić information content (AvgIpc) is 3.32. The zero-order valence-electron chi connectivity index (χ0n) is 17.5. The van der Waals surface area contributed by atoms with Crippen molar-refractivity contribution in [1.82, 2.24) is 19.9 Å². The minimum absolute atomic E-state index is 0.231. The number of hydrogen-bond donors (Lipinski definition) is 2. The Morgan fingerprint density at radius 1 is 1.23 bits per heavy atom. The van der Waals surface area contributed by atoms with Crippen molar-refractivity contribution in [3.8, 4) is 17.0 Å². The monoisotopic (exact) mass is 455 g/mol. The van der Waals surface area contributed by atoms with Gasteiger partial charge in [-0.25, -0.2) is 9.97 Å². The quantitative estimate of drug-likeness (QED) is 0.459. The molecule has 4 aromatic rings. The number of thiazole rings is 1. The van der Waals surface area contributed by atoms with Crippen LogP contribution in [0, 0.1) is 6.92 Å². The number of aromatic nitrogens is 3. The van der Waals surface area contributed by atoms with Crippen LogP contribution in [0.15, 0.2) is 34.4 Å². The molecule has 160 valence electrons. The molecule has 3 heterocycles. The third kappa shape index (κ3) is 4.36. The van der Waals surface area contributed by atoms with Gasteiger partial charge in [0.1, 0.15) is 16.4 Å². The van der Waals surface area contributed by atoms with Gasteiger partial charge in [0, 0.05) is 10.9 Å². The number of hydrogen-bond acceptors (Lipinski definition) is 8. The van der Waals surface area contributed by atoms with Crippen LogP contribution in [-0.4, -0.2) is 47.0 Å². The Morgan fingerprint density at radius 3 is 2.65 bits per heavy atom. The summed E-state index contributed by atoms with van der Waals surface area (Å²) in [4.78, 5) is 40.2. The van der Waals surface area contributed by atoms with E-state index in [1.54, 1.807) is 14.0 Å². The van der Waals surface area contributed by atoms with Crippen LogP contribution in [0.3, 0.4) is 0 Å². The Bertz CT molecular complexity index is 1310. The fourth-order valence-electron chi connectivity index (χ4n) is 3.16. The van der Waals surface area contributed by atoms with Crippen LogP contribution >= 0.6 is 22.7 Å². The van der Waals surface area contributed by atoms with Crippen molar-refractivity contribution < 1.29 is 9.53 Å². The number of rotatable bonds is 6. The van der Waals surface area contributed by atoms with Crippen molar-refractivity contribution in [3.05, 3.63) is 56.3 Å². The minimum atomic E-state index is -0.301. The van der Waals surface area contributed by atoms with Crippen LogP contribution in [0.25, 0.3) is 21.5 Å². The molecular formula is C21H21N5O3S2. The maximum Gasteiger partial charge on any atom is 0.267 e. The van der Waals surface area contributed by atoms with Gasteiger partial charge in [-0.2, -0.15) is 0 Å². The van der Waals surface area contributed by atoms with Crippen LogP contribution in [0.2, 0.25) is 0 Å². The highest BCUT2D eigenvalue weighted by molar-refractivity contribution is 7.21. The molecule has 4 rings (SSSR count). The first-order chi connectivity index (χ1) is 14.9. The van der Waals surface area contributed by atoms with Crippen molar-refractivity contribution >= 4 is 43.9 Å². The van der Waals surface area contributed by atoms with Gasteiger partial charge in [-0.1, -0.05) is 0 Å². The summed E-state index contributed by atoms with van der Waals surface area (Å²) >= 11 is 2.56. The molecule has 0 atom stereocenters. The fraction of sp³-hybridized carbons (Fsp3) is 0.238. The molecule has 1 aromatic carbocycles. The third-order valence-corrected chi connectivity index (χ3v) is 6.57. The molecule has 31 heavy (non-hydrogen) atoms. The van der Waals surface area contributed by atoms with E-state index in [4.69, 9.17) is 4.74 Å². The number of fused-ring (bicyclic) bond motifs is 1. The third-order valence-electron chi connectivity index (χ3n) is 4.63. The summed E-state index contributed by atoms with van der Waals surface area (Å²) in [5, 5.41) is 5.67. The number of nitrogens with zero attached hydrogens (tertiary/aromatic N) is 3. The number of carbonyl (C=O) groups is 1. The summed E-state index contributed by atoms with van der Waals surface area (Å²) < 4.78 is 5.18. The van der Waals surface area contributed by atoms with E-state index in [2.05, 4.69) is 20.3 Å². The minimum Gasteiger partial charge on any atom is -0.497 e. The highest BCUT2D eigenvalue weighted by Gasteiger charge is 2.20. The molecule has 3 aromatic heterocycles. The zero-order chi connectivity index (χ0) is 22.1. The Hall–Kier alpha value is -3.08. The van der Waals surface area contributed by atoms with Crippen LogP contribution in [0.4, 0.5) is 5.13 Å². The maximum atomic E-state index is 12.9. The average molecular weight is 456 g/mol. The Morgan fingerprint density at radius 2 is 1.97 bits per heavy atom. The predicted octanol–water partition coefficient (Wildman–Crippen LogP) is 3.74. The lowest BCUT2D eigenvalue weighted by molar-refractivity contribution is 0.103. The number of carbonyl (C=O) groups excluding carboxylic acids is 1. The van der Waals surface area contributed by atoms with E-state index in [-0.39, 0.29) is 11.5 Å². The van der Waals surface area contributed by atoms with Crippen molar-refractivity contribution in [2.75, 3.05) is 26.5 Å². The van der Waals surface area contributed by atoms with Gasteiger partial charge in [0.15, 0.2) is 5.13 Å². The second-order valence-corrected chi connectivity index (χ2v) is 9.06. The second-order valence-electron chi connectivity index (χ2n) is 7.21. The van der Waals surface area contributed by atoms with Crippen molar-refractivity contribution in [2.45, 2.75) is 13.5 Å². The summed E-state index contributed by atoms with van der Waals surface area (Å²) in [7, 11) is 5.42. The maximum absolute atomic E-state index is 12.9. The Labute approximate surface area is 186 Å². The number of nitrogens with one attached hydrogen (secondary N) is 2. The fourth-order valence-corrected chi connectivity index (χ4v) is 4.97. The Kier molecular flexibility index (Phi) is 5.86. The normalized spacial score (nSPS) is 11.3. The molecular weight excluding hydrogens is 434 g/mol. The van der Waals surface area contributed by atoms with Crippen LogP contribution < -0.4 is 15.6 Å². The molecule has 0 bridgehead atoms. The SMILES string of the molecule is COc1ccc(-c2csc(NC(=O)c3sc4nc(CN(C)C)[nH]c(=O)c4c3C)n2)cc1. The van der Waals surface area contributed by atoms with Gasteiger partial charge >= 0.3 is 0 Å². The summed E-state index contributed by atoms with van der Waals surface area (Å²) in [5.74, 6) is 1.04. The number of amides is 1. The number of aromatic amines is 1. The highest BCUT2D eigenvalue weighted by atomic mass is 32.1. The molecule has 2 N–H and O–H groups in total. The standard InChI is InChI=1S/C21H21N5O3S2/c1-11-16-18(27)23-15(9-26(2)3)24-20(16)31-17(11)19(28)25-21-22-14(10-30-21)12-5-7-13(29-4)8-6-12/h5-8,10H,9H2,1-4H3,(H,22,25,28)(H,23,24,27). The highest BCUT2D eigenvalue weighted by Crippen LogP contribution is 2.30. The van der Waals surface area contributed by atoms with Crippen LogP contribution in [0.1, 0.15) is 21.1 Å². The Balaban J connectivity index is 1.58. The van der Waals surface area contributed by atoms with Gasteiger partial charge in [-0.15, -0.1) is 22.7 Å². The van der Waals surface area contributed by atoms with Gasteiger partial charge in [0.25, 0.3) is 11.5 Å². The first-order valence-electron chi connectivity index (χ1n) is 9.44. The van der Waals surface area contributed by atoms with E-state index < -0.39 is 0 Å². The molecule has 0 aliphatic carbocycles. The molecule has 0 unspecified atom stereocenters. The smallest absolute Gasteiger partial charge is 0.267 e. The van der Waals surface area contributed by atoms with Crippen molar-refractivity contribution in [3.63, 3.8) is 0 Å². The lowest BCUT2D eigenvalue weighted by Crippen LogP contribution is -2.18. The van der Waals surface area contributed by atoms with Crippen molar-refractivity contribution in [1.29, 1.82) is 0 Å². The van der Waals surface area contributed by atoms with E-state index in [1.165, 1.54) is 22.7 Å². The lowest BCUT2D eigenvalue weighted by atomic mass is 10.2. The number of aryl methyl sites for hydroxylation is 1. The van der Waals surface area contributed by atoms with Gasteiger partial charge < -0.3 is 14.6 Å². The summed E-state index contributed by atoms with van der Waals surface area (Å²) in [6, 6.07) is 7.56. The topological polar surface area (TPSA) is 100 Å². The molecule has 0 fully saturated rings. The summed E-state index contributed by atoms with van der Waals surface area (Å²) in [6.07, 6.45) is 0. The van der Waals surface area contributed by atoms with E-state index in [9.17, 15) is 9.59 Å².